The van der Waals surface area contributed by atoms with Gasteiger partial charge >= 0.3 is 6.09 Å². The average molecular weight is 230 g/mol. The SMILES string of the molecule is O=C1NCCC(c2ccc(Cl)c(F)c2)O1. The molecule has 0 saturated carbocycles. The smallest absolute Gasteiger partial charge is 0.407 e. The number of ether oxygens (including phenoxy) is 1. The molecule has 0 radical (unpaired) electrons. The molecule has 3 nitrogen and oxygen atoms in total. The second kappa shape index (κ2) is 4.06. The number of hydrogen-bond donors (Lipinski definition) is 1. The fourth-order valence-corrected chi connectivity index (χ4v) is 1.60. The Hall–Kier alpha value is -1.29. The first-order chi connectivity index (χ1) is 7.16. The predicted molar refractivity (Wildman–Crippen MR) is 53.3 cm³/mol. The second-order valence-electron chi connectivity index (χ2n) is 3.28. The fourth-order valence-electron chi connectivity index (χ4n) is 1.48. The van der Waals surface area contributed by atoms with Gasteiger partial charge in [0.05, 0.1) is 5.02 Å². The molecule has 1 atom stereocenters. The summed E-state index contributed by atoms with van der Waals surface area (Å²) >= 11 is 5.55. The zero-order valence-corrected chi connectivity index (χ0v) is 8.55. The van der Waals surface area contributed by atoms with Gasteiger partial charge in [0, 0.05) is 13.0 Å². The molecule has 0 spiro atoms. The van der Waals surface area contributed by atoms with Crippen molar-refractivity contribution in [3.63, 3.8) is 0 Å². The topological polar surface area (TPSA) is 38.3 Å². The third kappa shape index (κ3) is 2.21. The van der Waals surface area contributed by atoms with Crippen LogP contribution in [0.1, 0.15) is 18.1 Å². The van der Waals surface area contributed by atoms with Crippen LogP contribution in [0.15, 0.2) is 18.2 Å². The molecule has 1 fully saturated rings. The molecule has 0 aromatic heterocycles. The van der Waals surface area contributed by atoms with E-state index in [1.54, 1.807) is 6.07 Å². The number of alkyl carbamates (subject to hydrolysis) is 1. The normalized spacial score (nSPS) is 20.7. The van der Waals surface area contributed by atoms with Crippen LogP contribution in [-0.2, 0) is 4.74 Å². The molecule has 80 valence electrons. The van der Waals surface area contributed by atoms with Gasteiger partial charge in [0.15, 0.2) is 0 Å². The van der Waals surface area contributed by atoms with Crippen molar-refractivity contribution in [2.24, 2.45) is 0 Å². The predicted octanol–water partition coefficient (Wildman–Crippen LogP) is 2.65. The van der Waals surface area contributed by atoms with E-state index < -0.39 is 11.9 Å². The van der Waals surface area contributed by atoms with Crippen LogP contribution >= 0.6 is 11.6 Å². The zero-order chi connectivity index (χ0) is 10.8. The molecule has 1 N–H and O–H groups in total. The van der Waals surface area contributed by atoms with E-state index in [0.717, 1.165) is 0 Å². The van der Waals surface area contributed by atoms with Crippen LogP contribution in [0.25, 0.3) is 0 Å². The van der Waals surface area contributed by atoms with Gasteiger partial charge in [-0.05, 0) is 17.7 Å². The third-order valence-corrected chi connectivity index (χ3v) is 2.55. The molecular weight excluding hydrogens is 221 g/mol. The summed E-state index contributed by atoms with van der Waals surface area (Å²) < 4.78 is 18.2. The number of halogens is 2. The van der Waals surface area contributed by atoms with Crippen LogP contribution in [-0.4, -0.2) is 12.6 Å². The summed E-state index contributed by atoms with van der Waals surface area (Å²) in [7, 11) is 0. The highest BCUT2D eigenvalue weighted by Crippen LogP contribution is 2.26. The Balaban J connectivity index is 2.21. The lowest BCUT2D eigenvalue weighted by molar-refractivity contribution is 0.0737. The fraction of sp³-hybridized carbons (Fsp3) is 0.300. The van der Waals surface area contributed by atoms with Crippen LogP contribution < -0.4 is 5.32 Å². The summed E-state index contributed by atoms with van der Waals surface area (Å²) in [4.78, 5) is 10.9. The minimum Gasteiger partial charge on any atom is -0.441 e. The van der Waals surface area contributed by atoms with E-state index in [1.807, 2.05) is 0 Å². The molecule has 0 aliphatic carbocycles. The van der Waals surface area contributed by atoms with E-state index in [0.29, 0.717) is 18.5 Å². The van der Waals surface area contributed by atoms with Crippen molar-refractivity contribution in [1.29, 1.82) is 0 Å². The summed E-state index contributed by atoms with van der Waals surface area (Å²) in [5.74, 6) is -0.497. The molecule has 1 aromatic carbocycles. The molecule has 15 heavy (non-hydrogen) atoms. The Morgan fingerprint density at radius 2 is 2.33 bits per heavy atom. The molecule has 0 bridgehead atoms. The van der Waals surface area contributed by atoms with Gasteiger partial charge in [-0.3, -0.25) is 0 Å². The van der Waals surface area contributed by atoms with Crippen LogP contribution in [0.5, 0.6) is 0 Å². The van der Waals surface area contributed by atoms with E-state index in [1.165, 1.54) is 12.1 Å². The van der Waals surface area contributed by atoms with Crippen molar-refractivity contribution >= 4 is 17.7 Å². The largest absolute Gasteiger partial charge is 0.441 e. The van der Waals surface area contributed by atoms with E-state index in [9.17, 15) is 9.18 Å². The van der Waals surface area contributed by atoms with Crippen LogP contribution in [0.4, 0.5) is 9.18 Å². The Morgan fingerprint density at radius 1 is 1.53 bits per heavy atom. The van der Waals surface area contributed by atoms with Crippen LogP contribution in [0.3, 0.4) is 0 Å². The Bertz CT molecular complexity index is 397. The Kier molecular flexibility index (Phi) is 2.77. The van der Waals surface area contributed by atoms with Crippen LogP contribution in [0, 0.1) is 5.82 Å². The van der Waals surface area contributed by atoms with E-state index in [-0.39, 0.29) is 11.1 Å². The monoisotopic (exact) mass is 229 g/mol. The van der Waals surface area contributed by atoms with Gasteiger partial charge in [-0.15, -0.1) is 0 Å². The molecule has 1 aromatic rings. The highest BCUT2D eigenvalue weighted by atomic mass is 35.5. The lowest BCUT2D eigenvalue weighted by atomic mass is 10.1. The first-order valence-electron chi connectivity index (χ1n) is 4.56. The van der Waals surface area contributed by atoms with Crippen molar-refractivity contribution in [1.82, 2.24) is 5.32 Å². The van der Waals surface area contributed by atoms with Gasteiger partial charge in [-0.25, -0.2) is 9.18 Å². The van der Waals surface area contributed by atoms with E-state index >= 15 is 0 Å². The van der Waals surface area contributed by atoms with Gasteiger partial charge in [0.2, 0.25) is 0 Å². The van der Waals surface area contributed by atoms with Crippen molar-refractivity contribution in [3.05, 3.63) is 34.6 Å². The standard InChI is InChI=1S/C10H9ClFNO2/c11-7-2-1-6(5-8(7)12)9-3-4-13-10(14)15-9/h1-2,5,9H,3-4H2,(H,13,14). The highest BCUT2D eigenvalue weighted by Gasteiger charge is 2.21. The van der Waals surface area contributed by atoms with E-state index in [2.05, 4.69) is 5.32 Å². The molecule has 1 saturated heterocycles. The lowest BCUT2D eigenvalue weighted by Crippen LogP contribution is -2.33. The van der Waals surface area contributed by atoms with Gasteiger partial charge in [0.1, 0.15) is 11.9 Å². The number of hydrogen-bond acceptors (Lipinski definition) is 2. The summed E-state index contributed by atoms with van der Waals surface area (Å²) in [6.45, 7) is 0.535. The zero-order valence-electron chi connectivity index (χ0n) is 7.80. The Labute approximate surface area is 91.2 Å². The average Bonchev–Trinajstić information content (AvgIpc) is 2.22. The van der Waals surface area contributed by atoms with Gasteiger partial charge in [-0.1, -0.05) is 17.7 Å². The minimum atomic E-state index is -0.497. The van der Waals surface area contributed by atoms with Gasteiger partial charge < -0.3 is 10.1 Å². The molecule has 1 aliphatic rings. The van der Waals surface area contributed by atoms with Crippen molar-refractivity contribution in [2.45, 2.75) is 12.5 Å². The number of cyclic esters (lactones) is 1. The highest BCUT2D eigenvalue weighted by molar-refractivity contribution is 6.30. The van der Waals surface area contributed by atoms with Crippen molar-refractivity contribution < 1.29 is 13.9 Å². The summed E-state index contributed by atoms with van der Waals surface area (Å²) in [5, 5.41) is 2.60. The molecular formula is C10H9ClFNO2. The van der Waals surface area contributed by atoms with Gasteiger partial charge in [0.25, 0.3) is 0 Å². The number of nitrogens with one attached hydrogen (secondary N) is 1. The Morgan fingerprint density at radius 3 is 3.00 bits per heavy atom. The maximum atomic E-state index is 13.1. The number of carbonyl (C=O) groups excluding carboxylic acids is 1. The van der Waals surface area contributed by atoms with Crippen molar-refractivity contribution in [3.8, 4) is 0 Å². The first kappa shape index (κ1) is 10.2. The number of amides is 1. The third-order valence-electron chi connectivity index (χ3n) is 2.24. The van der Waals surface area contributed by atoms with Crippen LogP contribution in [0.2, 0.25) is 5.02 Å². The summed E-state index contributed by atoms with van der Waals surface area (Å²) in [6.07, 6.45) is -0.223. The van der Waals surface area contributed by atoms with Crippen molar-refractivity contribution in [2.75, 3.05) is 6.54 Å². The molecule has 1 amide bonds. The molecule has 5 heteroatoms. The van der Waals surface area contributed by atoms with Gasteiger partial charge in [-0.2, -0.15) is 0 Å². The number of benzene rings is 1. The molecule has 2 rings (SSSR count). The summed E-state index contributed by atoms with van der Waals surface area (Å²) in [6, 6.07) is 4.42. The maximum Gasteiger partial charge on any atom is 0.407 e. The number of rotatable bonds is 1. The minimum absolute atomic E-state index is 0.0685. The van der Waals surface area contributed by atoms with E-state index in [4.69, 9.17) is 16.3 Å². The summed E-state index contributed by atoms with van der Waals surface area (Å²) in [5.41, 5.74) is 0.631. The quantitative estimate of drug-likeness (QED) is 0.804. The molecule has 1 unspecified atom stereocenters. The molecule has 1 heterocycles. The maximum absolute atomic E-state index is 13.1. The first-order valence-corrected chi connectivity index (χ1v) is 4.94. The molecule has 1 aliphatic heterocycles. The second-order valence-corrected chi connectivity index (χ2v) is 3.69. The lowest BCUT2D eigenvalue weighted by Gasteiger charge is -2.23. The number of carbonyl (C=O) groups is 1.